The minimum Gasteiger partial charge on any atom is -0.493 e. The first kappa shape index (κ1) is 16.9. The minimum absolute atomic E-state index is 0.199. The van der Waals surface area contributed by atoms with Crippen LogP contribution < -0.4 is 9.47 Å². The van der Waals surface area contributed by atoms with Gasteiger partial charge in [-0.2, -0.15) is 0 Å². The van der Waals surface area contributed by atoms with Gasteiger partial charge in [-0.1, -0.05) is 43.3 Å². The molecule has 0 aromatic heterocycles. The first-order valence-electron chi connectivity index (χ1n) is 7.55. The fourth-order valence-corrected chi connectivity index (χ4v) is 2.33. The van der Waals surface area contributed by atoms with E-state index in [1.165, 1.54) is 7.11 Å². The monoisotopic (exact) mass is 314 g/mol. The van der Waals surface area contributed by atoms with Crippen LogP contribution in [-0.2, 0) is 22.6 Å². The summed E-state index contributed by atoms with van der Waals surface area (Å²) in [6.45, 7) is 2.31. The van der Waals surface area contributed by atoms with E-state index in [1.807, 2.05) is 55.5 Å². The average Bonchev–Trinajstić information content (AvgIpc) is 2.60. The van der Waals surface area contributed by atoms with Crippen molar-refractivity contribution in [2.75, 3.05) is 14.2 Å². The molecule has 0 aliphatic carbocycles. The highest BCUT2D eigenvalue weighted by molar-refractivity contribution is 5.72. The molecule has 0 amide bonds. The highest BCUT2D eigenvalue weighted by Crippen LogP contribution is 2.29. The van der Waals surface area contributed by atoms with Gasteiger partial charge in [-0.15, -0.1) is 0 Å². The van der Waals surface area contributed by atoms with Crippen LogP contribution in [0.25, 0.3) is 0 Å². The zero-order valence-corrected chi connectivity index (χ0v) is 13.7. The number of methoxy groups -OCH3 is 2. The van der Waals surface area contributed by atoms with Gasteiger partial charge < -0.3 is 14.2 Å². The number of hydrogen-bond donors (Lipinski definition) is 0. The summed E-state index contributed by atoms with van der Waals surface area (Å²) in [6.07, 6.45) is 0.596. The lowest BCUT2D eigenvalue weighted by Gasteiger charge is -2.14. The van der Waals surface area contributed by atoms with Gasteiger partial charge >= 0.3 is 5.97 Å². The first-order chi connectivity index (χ1) is 11.1. The van der Waals surface area contributed by atoms with Crippen molar-refractivity contribution in [2.45, 2.75) is 20.0 Å². The summed E-state index contributed by atoms with van der Waals surface area (Å²) >= 11 is 0. The molecule has 122 valence electrons. The molecule has 0 unspecified atom stereocenters. The summed E-state index contributed by atoms with van der Waals surface area (Å²) in [6, 6.07) is 15.7. The molecule has 4 heteroatoms. The lowest BCUT2D eigenvalue weighted by Crippen LogP contribution is -2.15. The fraction of sp³-hybridized carbons (Fsp3) is 0.316. The minimum atomic E-state index is -0.215. The van der Waals surface area contributed by atoms with Gasteiger partial charge in [0.05, 0.1) is 20.1 Å². The normalized spacial score (nSPS) is 11.6. The van der Waals surface area contributed by atoms with Crippen LogP contribution in [0.5, 0.6) is 11.5 Å². The standard InChI is InChI=1S/C19H22O4/c1-14(19(20)22-3)11-16-9-10-17(21-2)18(12-16)23-13-15-7-5-4-6-8-15/h4-10,12,14H,11,13H2,1-3H3/t14-/m0/s1. The van der Waals surface area contributed by atoms with E-state index in [9.17, 15) is 4.79 Å². The van der Waals surface area contributed by atoms with Gasteiger partial charge in [0, 0.05) is 0 Å². The van der Waals surface area contributed by atoms with Crippen molar-refractivity contribution in [3.8, 4) is 11.5 Å². The second kappa shape index (κ2) is 8.22. The van der Waals surface area contributed by atoms with E-state index in [1.54, 1.807) is 7.11 Å². The molecule has 0 bridgehead atoms. The number of carbonyl (C=O) groups is 1. The van der Waals surface area contributed by atoms with Gasteiger partial charge in [-0.3, -0.25) is 4.79 Å². The highest BCUT2D eigenvalue weighted by Gasteiger charge is 2.15. The van der Waals surface area contributed by atoms with Crippen LogP contribution in [0.1, 0.15) is 18.1 Å². The number of carbonyl (C=O) groups excluding carboxylic acids is 1. The third kappa shape index (κ3) is 4.74. The zero-order valence-electron chi connectivity index (χ0n) is 13.7. The molecule has 0 fully saturated rings. The summed E-state index contributed by atoms with van der Waals surface area (Å²) < 4.78 is 16.0. The Bertz CT molecular complexity index is 637. The fourth-order valence-electron chi connectivity index (χ4n) is 2.33. The van der Waals surface area contributed by atoms with Gasteiger partial charge in [0.2, 0.25) is 0 Å². The largest absolute Gasteiger partial charge is 0.493 e. The summed E-state index contributed by atoms with van der Waals surface area (Å²) in [7, 11) is 3.02. The van der Waals surface area contributed by atoms with Crippen LogP contribution in [0.3, 0.4) is 0 Å². The Labute approximate surface area is 137 Å². The summed E-state index contributed by atoms with van der Waals surface area (Å²) in [5.74, 6) is 0.935. The molecule has 0 saturated carbocycles. The summed E-state index contributed by atoms with van der Waals surface area (Å²) in [5, 5.41) is 0. The Kier molecular flexibility index (Phi) is 6.03. The smallest absolute Gasteiger partial charge is 0.308 e. The van der Waals surface area contributed by atoms with Gasteiger partial charge in [0.15, 0.2) is 11.5 Å². The van der Waals surface area contributed by atoms with Crippen molar-refractivity contribution < 1.29 is 19.0 Å². The molecule has 0 aliphatic rings. The Morgan fingerprint density at radius 3 is 2.39 bits per heavy atom. The Morgan fingerprint density at radius 1 is 1.00 bits per heavy atom. The SMILES string of the molecule is COC(=O)[C@@H](C)Cc1ccc(OC)c(OCc2ccccc2)c1. The van der Waals surface area contributed by atoms with Crippen LogP contribution in [-0.4, -0.2) is 20.2 Å². The summed E-state index contributed by atoms with van der Waals surface area (Å²) in [5.41, 5.74) is 2.09. The van der Waals surface area contributed by atoms with Crippen molar-refractivity contribution in [3.05, 3.63) is 59.7 Å². The second-order valence-corrected chi connectivity index (χ2v) is 5.39. The van der Waals surface area contributed by atoms with E-state index in [2.05, 4.69) is 0 Å². The van der Waals surface area contributed by atoms with Gasteiger partial charge in [0.1, 0.15) is 6.61 Å². The predicted molar refractivity (Wildman–Crippen MR) is 88.7 cm³/mol. The second-order valence-electron chi connectivity index (χ2n) is 5.39. The zero-order chi connectivity index (χ0) is 16.7. The maximum absolute atomic E-state index is 11.6. The molecule has 2 aromatic carbocycles. The molecule has 2 aromatic rings. The number of ether oxygens (including phenoxy) is 3. The molecule has 23 heavy (non-hydrogen) atoms. The van der Waals surface area contributed by atoms with Crippen LogP contribution in [0.2, 0.25) is 0 Å². The average molecular weight is 314 g/mol. The molecule has 0 N–H and O–H groups in total. The Morgan fingerprint density at radius 2 is 1.74 bits per heavy atom. The number of hydrogen-bond acceptors (Lipinski definition) is 4. The summed E-state index contributed by atoms with van der Waals surface area (Å²) in [4.78, 5) is 11.6. The maximum atomic E-state index is 11.6. The van der Waals surface area contributed by atoms with E-state index >= 15 is 0 Å². The van der Waals surface area contributed by atoms with Gasteiger partial charge in [-0.05, 0) is 29.7 Å². The first-order valence-corrected chi connectivity index (χ1v) is 7.55. The Balaban J connectivity index is 2.10. The quantitative estimate of drug-likeness (QED) is 0.732. The molecule has 4 nitrogen and oxygen atoms in total. The highest BCUT2D eigenvalue weighted by atomic mass is 16.5. The van der Waals surface area contributed by atoms with Crippen molar-refractivity contribution >= 4 is 5.97 Å². The van der Waals surface area contributed by atoms with Crippen LogP contribution in [0.4, 0.5) is 0 Å². The van der Waals surface area contributed by atoms with E-state index in [0.29, 0.717) is 24.5 Å². The van der Waals surface area contributed by atoms with Gasteiger partial charge in [0.25, 0.3) is 0 Å². The van der Waals surface area contributed by atoms with Crippen molar-refractivity contribution in [3.63, 3.8) is 0 Å². The predicted octanol–water partition coefficient (Wildman–Crippen LogP) is 3.63. The van der Waals surface area contributed by atoms with Crippen LogP contribution in [0, 0.1) is 5.92 Å². The maximum Gasteiger partial charge on any atom is 0.308 e. The molecule has 0 spiro atoms. The van der Waals surface area contributed by atoms with Crippen LogP contribution in [0.15, 0.2) is 48.5 Å². The topological polar surface area (TPSA) is 44.8 Å². The third-order valence-corrected chi connectivity index (χ3v) is 3.61. The molecule has 0 radical (unpaired) electrons. The molecule has 1 atom stereocenters. The molecule has 0 saturated heterocycles. The number of benzene rings is 2. The lowest BCUT2D eigenvalue weighted by molar-refractivity contribution is -0.144. The third-order valence-electron chi connectivity index (χ3n) is 3.61. The van der Waals surface area contributed by atoms with Crippen molar-refractivity contribution in [2.24, 2.45) is 5.92 Å². The van der Waals surface area contributed by atoms with E-state index in [4.69, 9.17) is 14.2 Å². The van der Waals surface area contributed by atoms with Crippen LogP contribution >= 0.6 is 0 Å². The van der Waals surface area contributed by atoms with Crippen molar-refractivity contribution in [1.82, 2.24) is 0 Å². The molecule has 0 aliphatic heterocycles. The van der Waals surface area contributed by atoms with Crippen molar-refractivity contribution in [1.29, 1.82) is 0 Å². The number of rotatable bonds is 7. The molecular formula is C19H22O4. The van der Waals surface area contributed by atoms with E-state index in [0.717, 1.165) is 11.1 Å². The Hall–Kier alpha value is -2.49. The van der Waals surface area contributed by atoms with E-state index < -0.39 is 0 Å². The molecule has 2 rings (SSSR count). The molecular weight excluding hydrogens is 292 g/mol. The number of esters is 1. The van der Waals surface area contributed by atoms with Gasteiger partial charge in [-0.25, -0.2) is 0 Å². The molecule has 0 heterocycles. The lowest BCUT2D eigenvalue weighted by atomic mass is 10.0. The van der Waals surface area contributed by atoms with E-state index in [-0.39, 0.29) is 11.9 Å².